The number of allylic oxidation sites excluding steroid dienone is 4. The van der Waals surface area contributed by atoms with Crippen molar-refractivity contribution in [3.8, 4) is 16.2 Å². The van der Waals surface area contributed by atoms with Gasteiger partial charge in [0.1, 0.15) is 12.4 Å². The molecule has 4 heteroatoms. The minimum absolute atomic E-state index is 0.313. The molecular formula is C24H24O3S. The smallest absolute Gasteiger partial charge is 0.330 e. The zero-order valence-corrected chi connectivity index (χ0v) is 17.2. The van der Waals surface area contributed by atoms with Crippen molar-refractivity contribution in [1.29, 1.82) is 0 Å². The summed E-state index contributed by atoms with van der Waals surface area (Å²) in [5.74, 6) is 0.604. The van der Waals surface area contributed by atoms with Crippen molar-refractivity contribution in [2.45, 2.75) is 20.8 Å². The lowest BCUT2D eigenvalue weighted by Gasteiger charge is -2.19. The van der Waals surface area contributed by atoms with E-state index in [0.717, 1.165) is 28.0 Å². The van der Waals surface area contributed by atoms with Gasteiger partial charge in [-0.3, -0.25) is 0 Å². The number of benzene rings is 1. The van der Waals surface area contributed by atoms with E-state index >= 15 is 0 Å². The third-order valence-corrected chi connectivity index (χ3v) is 5.29. The molecule has 3 rings (SSSR count). The zero-order valence-electron chi connectivity index (χ0n) is 16.4. The second-order valence-electron chi connectivity index (χ2n) is 6.54. The Labute approximate surface area is 170 Å². The summed E-state index contributed by atoms with van der Waals surface area (Å²) in [5.41, 5.74) is 5.43. The summed E-state index contributed by atoms with van der Waals surface area (Å²) < 4.78 is 10.8. The molecular weight excluding hydrogens is 368 g/mol. The summed E-state index contributed by atoms with van der Waals surface area (Å²) in [7, 11) is 0. The number of carbonyl (C=O) groups excluding carboxylic acids is 1. The molecule has 1 aromatic heterocycles. The van der Waals surface area contributed by atoms with E-state index in [1.54, 1.807) is 18.3 Å². The molecule has 0 saturated carbocycles. The molecule has 0 fully saturated rings. The molecule has 1 aliphatic heterocycles. The van der Waals surface area contributed by atoms with Crippen LogP contribution in [0.15, 0.2) is 76.7 Å². The van der Waals surface area contributed by atoms with Crippen LogP contribution in [0.1, 0.15) is 26.3 Å². The van der Waals surface area contributed by atoms with Gasteiger partial charge in [-0.25, -0.2) is 4.79 Å². The lowest BCUT2D eigenvalue weighted by atomic mass is 9.99. The maximum atomic E-state index is 11.5. The molecule has 0 aliphatic carbocycles. The van der Waals surface area contributed by atoms with Crippen LogP contribution in [0.4, 0.5) is 0 Å². The zero-order chi connectivity index (χ0) is 19.9. The first-order chi connectivity index (χ1) is 13.6. The predicted octanol–water partition coefficient (Wildman–Crippen LogP) is 6.20. The molecule has 0 bridgehead atoms. The number of esters is 1. The lowest BCUT2D eigenvalue weighted by Crippen LogP contribution is -2.08. The summed E-state index contributed by atoms with van der Waals surface area (Å²) in [4.78, 5) is 12.7. The molecule has 0 amide bonds. The van der Waals surface area contributed by atoms with Gasteiger partial charge in [0.2, 0.25) is 0 Å². The SMILES string of the molecule is CCOC(=O)C=C(C)C=CC=C(C)C1=Cc2cc(-c3cccs3)ccc2OC1. The van der Waals surface area contributed by atoms with Gasteiger partial charge in [0.15, 0.2) is 0 Å². The Morgan fingerprint density at radius 1 is 1.29 bits per heavy atom. The Hall–Kier alpha value is -2.85. The lowest BCUT2D eigenvalue weighted by molar-refractivity contribution is -0.137. The summed E-state index contributed by atoms with van der Waals surface area (Å²) in [6.07, 6.45) is 9.56. The molecule has 1 aliphatic rings. The standard InChI is InChI=1S/C24H24O3S/c1-4-26-24(25)13-17(2)7-5-8-18(3)21-15-20-14-19(23-9-6-12-28-23)10-11-22(20)27-16-21/h5-15H,4,16H2,1-3H3. The van der Waals surface area contributed by atoms with Crippen LogP contribution < -0.4 is 4.74 Å². The summed E-state index contributed by atoms with van der Waals surface area (Å²) in [5, 5.41) is 2.09. The van der Waals surface area contributed by atoms with Gasteiger partial charge in [0.05, 0.1) is 6.61 Å². The largest absolute Gasteiger partial charge is 0.488 e. The van der Waals surface area contributed by atoms with E-state index in [1.807, 2.05) is 31.2 Å². The Morgan fingerprint density at radius 3 is 2.89 bits per heavy atom. The molecule has 2 heterocycles. The van der Waals surface area contributed by atoms with E-state index in [2.05, 4.69) is 42.6 Å². The van der Waals surface area contributed by atoms with Gasteiger partial charge in [0.25, 0.3) is 0 Å². The summed E-state index contributed by atoms with van der Waals surface area (Å²) in [6.45, 7) is 6.68. The topological polar surface area (TPSA) is 35.5 Å². The van der Waals surface area contributed by atoms with Crippen LogP contribution in [-0.4, -0.2) is 19.2 Å². The van der Waals surface area contributed by atoms with Crippen LogP contribution >= 0.6 is 11.3 Å². The average Bonchev–Trinajstić information content (AvgIpc) is 3.22. The van der Waals surface area contributed by atoms with E-state index in [9.17, 15) is 4.79 Å². The van der Waals surface area contributed by atoms with Gasteiger partial charge >= 0.3 is 5.97 Å². The van der Waals surface area contributed by atoms with Crippen LogP contribution in [0.3, 0.4) is 0 Å². The van der Waals surface area contributed by atoms with Crippen molar-refractivity contribution in [1.82, 2.24) is 0 Å². The number of fused-ring (bicyclic) bond motifs is 1. The molecule has 28 heavy (non-hydrogen) atoms. The molecule has 0 unspecified atom stereocenters. The maximum Gasteiger partial charge on any atom is 0.330 e. The maximum absolute atomic E-state index is 11.5. The van der Waals surface area contributed by atoms with E-state index < -0.39 is 0 Å². The molecule has 0 radical (unpaired) electrons. The van der Waals surface area contributed by atoms with Gasteiger partial charge in [-0.2, -0.15) is 0 Å². The van der Waals surface area contributed by atoms with E-state index in [1.165, 1.54) is 16.5 Å². The van der Waals surface area contributed by atoms with Gasteiger partial charge in [-0.15, -0.1) is 11.3 Å². The van der Waals surface area contributed by atoms with Crippen molar-refractivity contribution in [2.75, 3.05) is 13.2 Å². The first kappa shape index (κ1) is 19.9. The predicted molar refractivity (Wildman–Crippen MR) is 117 cm³/mol. The molecule has 144 valence electrons. The molecule has 0 saturated heterocycles. The van der Waals surface area contributed by atoms with Crippen LogP contribution in [-0.2, 0) is 9.53 Å². The second-order valence-corrected chi connectivity index (χ2v) is 7.49. The molecule has 0 spiro atoms. The highest BCUT2D eigenvalue weighted by Gasteiger charge is 2.13. The highest BCUT2D eigenvalue weighted by molar-refractivity contribution is 7.13. The van der Waals surface area contributed by atoms with Gasteiger partial charge < -0.3 is 9.47 Å². The summed E-state index contributed by atoms with van der Waals surface area (Å²) >= 11 is 1.73. The Bertz CT molecular complexity index is 960. The fourth-order valence-corrected chi connectivity index (χ4v) is 3.59. The number of rotatable bonds is 6. The van der Waals surface area contributed by atoms with E-state index in [4.69, 9.17) is 9.47 Å². The van der Waals surface area contributed by atoms with Crippen molar-refractivity contribution in [3.63, 3.8) is 0 Å². The molecule has 0 atom stereocenters. The number of ether oxygens (including phenoxy) is 2. The Balaban J connectivity index is 1.75. The minimum atomic E-state index is -0.313. The first-order valence-electron chi connectivity index (χ1n) is 9.28. The van der Waals surface area contributed by atoms with Crippen molar-refractivity contribution in [2.24, 2.45) is 0 Å². The second kappa shape index (κ2) is 9.38. The van der Waals surface area contributed by atoms with Crippen LogP contribution in [0.25, 0.3) is 16.5 Å². The van der Waals surface area contributed by atoms with Crippen LogP contribution in [0.2, 0.25) is 0 Å². The fraction of sp³-hybridized carbons (Fsp3) is 0.208. The number of thiophene rings is 1. The average molecular weight is 393 g/mol. The van der Waals surface area contributed by atoms with Crippen molar-refractivity contribution >= 4 is 23.4 Å². The summed E-state index contributed by atoms with van der Waals surface area (Å²) in [6, 6.07) is 10.5. The Kier molecular flexibility index (Phi) is 6.66. The fourth-order valence-electron chi connectivity index (χ4n) is 2.87. The molecule has 3 nitrogen and oxygen atoms in total. The third kappa shape index (κ3) is 5.11. The number of hydrogen-bond donors (Lipinski definition) is 0. The first-order valence-corrected chi connectivity index (χ1v) is 10.2. The highest BCUT2D eigenvalue weighted by atomic mass is 32.1. The van der Waals surface area contributed by atoms with E-state index in [-0.39, 0.29) is 5.97 Å². The molecule has 2 aromatic rings. The van der Waals surface area contributed by atoms with Crippen molar-refractivity contribution in [3.05, 3.63) is 82.3 Å². The number of carbonyl (C=O) groups is 1. The van der Waals surface area contributed by atoms with Crippen LogP contribution in [0.5, 0.6) is 5.75 Å². The molecule has 1 aromatic carbocycles. The monoisotopic (exact) mass is 392 g/mol. The minimum Gasteiger partial charge on any atom is -0.488 e. The molecule has 0 N–H and O–H groups in total. The third-order valence-electron chi connectivity index (χ3n) is 4.37. The normalized spacial score (nSPS) is 14.5. The van der Waals surface area contributed by atoms with Gasteiger partial charge in [-0.1, -0.05) is 24.3 Å². The van der Waals surface area contributed by atoms with Gasteiger partial charge in [0, 0.05) is 16.5 Å². The quantitative estimate of drug-likeness (QED) is 0.333. The van der Waals surface area contributed by atoms with Crippen molar-refractivity contribution < 1.29 is 14.3 Å². The Morgan fingerprint density at radius 2 is 2.14 bits per heavy atom. The number of hydrogen-bond acceptors (Lipinski definition) is 4. The van der Waals surface area contributed by atoms with E-state index in [0.29, 0.717) is 13.2 Å². The van der Waals surface area contributed by atoms with Gasteiger partial charge in [-0.05, 0) is 78.8 Å². The van der Waals surface area contributed by atoms with Crippen LogP contribution in [0, 0.1) is 0 Å². The highest BCUT2D eigenvalue weighted by Crippen LogP contribution is 2.34.